The molecule has 0 aliphatic carbocycles. The van der Waals surface area contributed by atoms with Gasteiger partial charge in [0.2, 0.25) is 11.8 Å². The van der Waals surface area contributed by atoms with E-state index in [1.807, 2.05) is 52.0 Å². The fourth-order valence-electron chi connectivity index (χ4n) is 4.63. The second-order valence-electron chi connectivity index (χ2n) is 9.99. The number of hydrogen-bond acceptors (Lipinski definition) is 5. The molecule has 2 amide bonds. The fourth-order valence-corrected chi connectivity index (χ4v) is 6.12. The molecule has 0 spiro atoms. The number of unbranched alkanes of at least 4 members (excludes halogenated alkanes) is 1. The molecule has 0 bridgehead atoms. The highest BCUT2D eigenvalue weighted by atomic mass is 32.2. The molecule has 220 valence electrons. The molecule has 0 heterocycles. The Bertz CT molecular complexity index is 1430. The van der Waals surface area contributed by atoms with Crippen molar-refractivity contribution in [3.8, 4) is 5.75 Å². The van der Waals surface area contributed by atoms with Crippen LogP contribution in [0.15, 0.2) is 77.7 Å². The van der Waals surface area contributed by atoms with E-state index < -0.39 is 28.5 Å². The molecule has 0 saturated heterocycles. The van der Waals surface area contributed by atoms with E-state index in [1.165, 1.54) is 17.0 Å². The van der Waals surface area contributed by atoms with E-state index in [9.17, 15) is 18.0 Å². The van der Waals surface area contributed by atoms with Crippen LogP contribution in [0.1, 0.15) is 49.8 Å². The van der Waals surface area contributed by atoms with Crippen molar-refractivity contribution < 1.29 is 22.7 Å². The van der Waals surface area contributed by atoms with E-state index in [4.69, 9.17) is 4.74 Å². The zero-order valence-electron chi connectivity index (χ0n) is 24.6. The molecule has 1 N–H and O–H groups in total. The van der Waals surface area contributed by atoms with Crippen LogP contribution in [0.3, 0.4) is 0 Å². The molecule has 41 heavy (non-hydrogen) atoms. The van der Waals surface area contributed by atoms with Crippen molar-refractivity contribution in [2.75, 3.05) is 24.5 Å². The molecule has 0 fully saturated rings. The zero-order valence-corrected chi connectivity index (χ0v) is 25.4. The lowest BCUT2D eigenvalue weighted by Crippen LogP contribution is -2.52. The van der Waals surface area contributed by atoms with Crippen LogP contribution in [0.5, 0.6) is 5.75 Å². The number of anilines is 1. The van der Waals surface area contributed by atoms with Crippen LogP contribution in [0, 0.1) is 13.8 Å². The highest BCUT2D eigenvalue weighted by molar-refractivity contribution is 7.92. The molecule has 1 unspecified atom stereocenters. The lowest BCUT2D eigenvalue weighted by molar-refractivity contribution is -0.140. The van der Waals surface area contributed by atoms with Gasteiger partial charge in [-0.15, -0.1) is 0 Å². The molecular weight excluding hydrogens is 538 g/mol. The Morgan fingerprint density at radius 1 is 0.951 bits per heavy atom. The largest absolute Gasteiger partial charge is 0.497 e. The number of nitrogens with one attached hydrogen (secondary N) is 1. The van der Waals surface area contributed by atoms with Crippen molar-refractivity contribution in [3.05, 3.63) is 89.5 Å². The van der Waals surface area contributed by atoms with Crippen molar-refractivity contribution in [2.45, 2.75) is 64.4 Å². The van der Waals surface area contributed by atoms with Crippen LogP contribution < -0.4 is 14.4 Å². The van der Waals surface area contributed by atoms with Gasteiger partial charge in [-0.2, -0.15) is 0 Å². The average Bonchev–Trinajstić information content (AvgIpc) is 2.98. The first-order valence-corrected chi connectivity index (χ1v) is 15.4. The SMILES string of the molecule is CCCCNC(=O)C(CC)N(Cc1cccc(OC)c1)C(=O)CN(c1cccc(C)c1C)S(=O)(=O)c1ccccc1. The van der Waals surface area contributed by atoms with Crippen molar-refractivity contribution in [1.82, 2.24) is 10.2 Å². The minimum Gasteiger partial charge on any atom is -0.497 e. The number of hydrogen-bond donors (Lipinski definition) is 1. The van der Waals surface area contributed by atoms with Gasteiger partial charge in [0.1, 0.15) is 18.3 Å². The van der Waals surface area contributed by atoms with Crippen molar-refractivity contribution >= 4 is 27.5 Å². The molecule has 3 rings (SSSR count). The van der Waals surface area contributed by atoms with Crippen LogP contribution in [-0.4, -0.2) is 51.4 Å². The average molecular weight is 580 g/mol. The lowest BCUT2D eigenvalue weighted by atomic mass is 10.1. The Balaban J connectivity index is 2.07. The summed E-state index contributed by atoms with van der Waals surface area (Å²) in [6.45, 7) is 7.77. The maximum atomic E-state index is 14.2. The van der Waals surface area contributed by atoms with Crippen LogP contribution >= 0.6 is 0 Å². The van der Waals surface area contributed by atoms with Gasteiger partial charge in [-0.3, -0.25) is 13.9 Å². The first kappa shape index (κ1) is 31.7. The van der Waals surface area contributed by atoms with Gasteiger partial charge in [0, 0.05) is 13.1 Å². The quantitative estimate of drug-likeness (QED) is 0.264. The molecule has 1 atom stereocenters. The summed E-state index contributed by atoms with van der Waals surface area (Å²) in [6, 6.07) is 20.0. The van der Waals surface area contributed by atoms with Gasteiger partial charge in [-0.05, 0) is 73.7 Å². The van der Waals surface area contributed by atoms with Gasteiger partial charge < -0.3 is 15.0 Å². The second-order valence-corrected chi connectivity index (χ2v) is 11.8. The Morgan fingerprint density at radius 2 is 1.66 bits per heavy atom. The highest BCUT2D eigenvalue weighted by Gasteiger charge is 2.34. The molecule has 0 aliphatic heterocycles. The molecule has 9 heteroatoms. The molecule has 0 saturated carbocycles. The lowest BCUT2D eigenvalue weighted by Gasteiger charge is -2.33. The number of methoxy groups -OCH3 is 1. The summed E-state index contributed by atoms with van der Waals surface area (Å²) < 4.78 is 34.5. The zero-order chi connectivity index (χ0) is 30.0. The normalized spacial score (nSPS) is 11.9. The van der Waals surface area contributed by atoms with Crippen molar-refractivity contribution in [3.63, 3.8) is 0 Å². The third-order valence-electron chi connectivity index (χ3n) is 7.16. The molecule has 3 aromatic carbocycles. The summed E-state index contributed by atoms with van der Waals surface area (Å²) in [5, 5.41) is 2.95. The van der Waals surface area contributed by atoms with Gasteiger partial charge in [0.25, 0.3) is 10.0 Å². The topological polar surface area (TPSA) is 96.0 Å². The van der Waals surface area contributed by atoms with E-state index in [0.717, 1.165) is 33.8 Å². The van der Waals surface area contributed by atoms with Crippen LogP contribution in [0.25, 0.3) is 0 Å². The maximum Gasteiger partial charge on any atom is 0.264 e. The van der Waals surface area contributed by atoms with E-state index >= 15 is 0 Å². The van der Waals surface area contributed by atoms with E-state index in [-0.39, 0.29) is 17.3 Å². The first-order valence-electron chi connectivity index (χ1n) is 14.0. The molecular formula is C32H41N3O5S. The Kier molecular flexibility index (Phi) is 11.3. The summed E-state index contributed by atoms with van der Waals surface area (Å²) >= 11 is 0. The first-order chi connectivity index (χ1) is 19.6. The number of sulfonamides is 1. The number of nitrogens with zero attached hydrogens (tertiary/aromatic N) is 2. The number of benzene rings is 3. The Morgan fingerprint density at radius 3 is 2.32 bits per heavy atom. The van der Waals surface area contributed by atoms with Crippen LogP contribution in [-0.2, 0) is 26.2 Å². The molecule has 8 nitrogen and oxygen atoms in total. The molecule has 3 aromatic rings. The van der Waals surface area contributed by atoms with E-state index in [0.29, 0.717) is 24.4 Å². The van der Waals surface area contributed by atoms with E-state index in [1.54, 1.807) is 43.5 Å². The Labute approximate surface area is 244 Å². The van der Waals surface area contributed by atoms with E-state index in [2.05, 4.69) is 5.32 Å². The summed E-state index contributed by atoms with van der Waals surface area (Å²) in [5.74, 6) is -0.119. The Hall–Kier alpha value is -3.85. The molecule has 0 aliphatic rings. The summed E-state index contributed by atoms with van der Waals surface area (Å²) in [4.78, 5) is 29.1. The summed E-state index contributed by atoms with van der Waals surface area (Å²) in [6.07, 6.45) is 2.11. The molecule has 0 radical (unpaired) electrons. The van der Waals surface area contributed by atoms with Gasteiger partial charge in [0.05, 0.1) is 17.7 Å². The maximum absolute atomic E-state index is 14.2. The number of ether oxygens (including phenoxy) is 1. The monoisotopic (exact) mass is 579 g/mol. The van der Waals surface area contributed by atoms with Crippen molar-refractivity contribution in [2.24, 2.45) is 0 Å². The minimum atomic E-state index is -4.11. The number of carbonyl (C=O) groups excluding carboxylic acids is 2. The van der Waals surface area contributed by atoms with Gasteiger partial charge in [-0.1, -0.05) is 62.7 Å². The van der Waals surface area contributed by atoms with Gasteiger partial charge in [0.15, 0.2) is 0 Å². The van der Waals surface area contributed by atoms with Crippen LogP contribution in [0.2, 0.25) is 0 Å². The van der Waals surface area contributed by atoms with Gasteiger partial charge >= 0.3 is 0 Å². The summed E-state index contributed by atoms with van der Waals surface area (Å²) in [5.41, 5.74) is 2.84. The predicted octanol–water partition coefficient (Wildman–Crippen LogP) is 5.23. The minimum absolute atomic E-state index is 0.0809. The highest BCUT2D eigenvalue weighted by Crippen LogP contribution is 2.29. The van der Waals surface area contributed by atoms with Crippen molar-refractivity contribution in [1.29, 1.82) is 0 Å². The standard InChI is InChI=1S/C32H41N3O5S/c1-6-8-20-33-32(37)29(7-2)34(22-26-15-13-16-27(21-26)40-5)31(36)23-35(30-19-12-14-24(3)25(30)4)41(38,39)28-17-10-9-11-18-28/h9-19,21,29H,6-8,20,22-23H2,1-5H3,(H,33,37). The second kappa shape index (κ2) is 14.7. The third-order valence-corrected chi connectivity index (χ3v) is 8.93. The number of amides is 2. The smallest absolute Gasteiger partial charge is 0.264 e. The predicted molar refractivity (Wildman–Crippen MR) is 162 cm³/mol. The third kappa shape index (κ3) is 7.88. The fraction of sp³-hybridized carbons (Fsp3) is 0.375. The summed E-state index contributed by atoms with van der Waals surface area (Å²) in [7, 11) is -2.55. The number of aryl methyl sites for hydroxylation is 1. The molecule has 0 aromatic heterocycles. The van der Waals surface area contributed by atoms with Crippen LogP contribution in [0.4, 0.5) is 5.69 Å². The number of carbonyl (C=O) groups is 2. The van der Waals surface area contributed by atoms with Gasteiger partial charge in [-0.25, -0.2) is 8.42 Å². The number of rotatable bonds is 14.